The Morgan fingerprint density at radius 2 is 2.00 bits per heavy atom. The lowest BCUT2D eigenvalue weighted by molar-refractivity contribution is -0.131. The largest absolute Gasteiger partial charge is 0.353 e. The summed E-state index contributed by atoms with van der Waals surface area (Å²) in [5, 5.41) is 3.01. The van der Waals surface area contributed by atoms with Crippen molar-refractivity contribution < 1.29 is 14.0 Å². The number of carbonyl (C=O) groups is 2. The molecule has 0 spiro atoms. The molecule has 1 aliphatic heterocycles. The van der Waals surface area contributed by atoms with Gasteiger partial charge in [-0.05, 0) is 30.5 Å². The Labute approximate surface area is 130 Å². The summed E-state index contributed by atoms with van der Waals surface area (Å²) in [7, 11) is 0. The first-order chi connectivity index (χ1) is 10.5. The molecule has 5 heteroatoms. The van der Waals surface area contributed by atoms with Gasteiger partial charge in [0.25, 0.3) is 0 Å². The van der Waals surface area contributed by atoms with Crippen molar-refractivity contribution in [3.8, 4) is 0 Å². The van der Waals surface area contributed by atoms with E-state index >= 15 is 0 Å². The summed E-state index contributed by atoms with van der Waals surface area (Å²) < 4.78 is 13.1. The maximum absolute atomic E-state index is 13.1. The van der Waals surface area contributed by atoms with E-state index in [4.69, 9.17) is 0 Å². The highest BCUT2D eigenvalue weighted by Crippen LogP contribution is 2.13. The Morgan fingerprint density at radius 1 is 1.32 bits per heavy atom. The topological polar surface area (TPSA) is 49.4 Å². The van der Waals surface area contributed by atoms with Gasteiger partial charge in [0.05, 0.1) is 6.42 Å². The molecule has 0 bridgehead atoms. The summed E-state index contributed by atoms with van der Waals surface area (Å²) in [4.78, 5) is 25.7. The van der Waals surface area contributed by atoms with Crippen LogP contribution < -0.4 is 5.32 Å². The number of nitrogens with zero attached hydrogens (tertiary/aromatic N) is 1. The van der Waals surface area contributed by atoms with Crippen LogP contribution in [-0.4, -0.2) is 35.8 Å². The average Bonchev–Trinajstić information content (AvgIpc) is 2.47. The van der Waals surface area contributed by atoms with Gasteiger partial charge in [-0.3, -0.25) is 9.59 Å². The smallest absolute Gasteiger partial charge is 0.226 e. The predicted molar refractivity (Wildman–Crippen MR) is 82.7 cm³/mol. The van der Waals surface area contributed by atoms with E-state index in [0.29, 0.717) is 18.7 Å². The highest BCUT2D eigenvalue weighted by Gasteiger charge is 2.24. The van der Waals surface area contributed by atoms with Crippen LogP contribution in [0.4, 0.5) is 4.39 Å². The zero-order valence-electron chi connectivity index (χ0n) is 13.1. The minimum Gasteiger partial charge on any atom is -0.353 e. The number of likely N-dealkylation sites (tertiary alicyclic amines) is 1. The Morgan fingerprint density at radius 3 is 2.59 bits per heavy atom. The second-order valence-electron chi connectivity index (χ2n) is 6.13. The monoisotopic (exact) mass is 306 g/mol. The van der Waals surface area contributed by atoms with Gasteiger partial charge in [0.2, 0.25) is 11.8 Å². The van der Waals surface area contributed by atoms with Crippen molar-refractivity contribution in [3.05, 3.63) is 35.6 Å². The average molecular weight is 306 g/mol. The summed E-state index contributed by atoms with van der Waals surface area (Å²) in [6.45, 7) is 5.01. The van der Waals surface area contributed by atoms with Crippen molar-refractivity contribution in [3.63, 3.8) is 0 Å². The van der Waals surface area contributed by atoms with Crippen molar-refractivity contribution >= 4 is 11.8 Å². The second kappa shape index (κ2) is 7.38. The van der Waals surface area contributed by atoms with Crippen molar-refractivity contribution in [1.29, 1.82) is 0 Å². The molecule has 0 unspecified atom stereocenters. The Balaban J connectivity index is 1.81. The molecule has 1 aromatic rings. The quantitative estimate of drug-likeness (QED) is 0.926. The Kier molecular flexibility index (Phi) is 5.52. The number of rotatable bonds is 4. The number of halogens is 1. The van der Waals surface area contributed by atoms with Gasteiger partial charge in [0.1, 0.15) is 5.82 Å². The summed E-state index contributed by atoms with van der Waals surface area (Å²) in [6.07, 6.45) is 1.77. The molecule has 1 aliphatic rings. The van der Waals surface area contributed by atoms with E-state index in [1.807, 2.05) is 13.8 Å². The minimum atomic E-state index is -0.319. The van der Waals surface area contributed by atoms with Crippen molar-refractivity contribution in [2.24, 2.45) is 5.92 Å². The van der Waals surface area contributed by atoms with Gasteiger partial charge >= 0.3 is 0 Å². The fourth-order valence-electron chi connectivity index (χ4n) is 2.57. The van der Waals surface area contributed by atoms with Crippen molar-refractivity contribution in [2.75, 3.05) is 13.1 Å². The number of carbonyl (C=O) groups excluding carboxylic acids is 2. The first-order valence-electron chi connectivity index (χ1n) is 7.78. The van der Waals surface area contributed by atoms with E-state index in [-0.39, 0.29) is 36.0 Å². The van der Waals surface area contributed by atoms with Gasteiger partial charge in [-0.2, -0.15) is 0 Å². The highest BCUT2D eigenvalue weighted by atomic mass is 19.1. The van der Waals surface area contributed by atoms with E-state index in [9.17, 15) is 14.0 Å². The van der Waals surface area contributed by atoms with Crippen LogP contribution in [0.15, 0.2) is 24.3 Å². The molecule has 1 heterocycles. The van der Waals surface area contributed by atoms with E-state index in [1.165, 1.54) is 12.1 Å². The first kappa shape index (κ1) is 16.5. The molecule has 1 saturated heterocycles. The third-order valence-corrected chi connectivity index (χ3v) is 3.96. The van der Waals surface area contributed by atoms with E-state index in [1.54, 1.807) is 17.0 Å². The third-order valence-electron chi connectivity index (χ3n) is 3.96. The maximum atomic E-state index is 13.1. The lowest BCUT2D eigenvalue weighted by Gasteiger charge is -2.32. The Hall–Kier alpha value is -1.91. The molecule has 22 heavy (non-hydrogen) atoms. The number of hydrogen-bond donors (Lipinski definition) is 1. The molecule has 0 aromatic heterocycles. The van der Waals surface area contributed by atoms with Crippen LogP contribution in [0.2, 0.25) is 0 Å². The van der Waals surface area contributed by atoms with Crippen LogP contribution in [0.1, 0.15) is 32.3 Å². The van der Waals surface area contributed by atoms with Crippen LogP contribution in [0, 0.1) is 11.7 Å². The summed E-state index contributed by atoms with van der Waals surface area (Å²) >= 11 is 0. The Bertz CT molecular complexity index is 537. The van der Waals surface area contributed by atoms with Crippen molar-refractivity contribution in [1.82, 2.24) is 10.2 Å². The first-order valence-corrected chi connectivity index (χ1v) is 7.78. The van der Waals surface area contributed by atoms with Crippen LogP contribution in [0.5, 0.6) is 0 Å². The van der Waals surface area contributed by atoms with E-state index in [0.717, 1.165) is 12.8 Å². The van der Waals surface area contributed by atoms with Crippen LogP contribution in [0.3, 0.4) is 0 Å². The molecule has 2 amide bonds. The number of hydrogen-bond acceptors (Lipinski definition) is 2. The number of amides is 2. The lowest BCUT2D eigenvalue weighted by Crippen LogP contribution is -2.47. The summed E-state index contributed by atoms with van der Waals surface area (Å²) in [6, 6.07) is 6.29. The molecule has 0 radical (unpaired) electrons. The van der Waals surface area contributed by atoms with Crippen LogP contribution in [0.25, 0.3) is 0 Å². The molecule has 0 saturated carbocycles. The number of nitrogens with one attached hydrogen (secondary N) is 1. The minimum absolute atomic E-state index is 0.0132. The van der Waals surface area contributed by atoms with E-state index < -0.39 is 0 Å². The van der Waals surface area contributed by atoms with Gasteiger partial charge in [-0.1, -0.05) is 26.0 Å². The predicted octanol–water partition coefficient (Wildman–Crippen LogP) is 2.13. The molecule has 1 aromatic carbocycles. The molecule has 0 aliphatic carbocycles. The SMILES string of the molecule is CC(C)C(=O)NC1CCN(C(=O)Cc2cccc(F)c2)CC1. The van der Waals surface area contributed by atoms with Crippen molar-refractivity contribution in [2.45, 2.75) is 39.2 Å². The van der Waals surface area contributed by atoms with Crippen LogP contribution >= 0.6 is 0 Å². The molecule has 1 N–H and O–H groups in total. The normalized spacial score (nSPS) is 15.9. The van der Waals surface area contributed by atoms with Gasteiger partial charge in [-0.15, -0.1) is 0 Å². The number of benzene rings is 1. The fraction of sp³-hybridized carbons (Fsp3) is 0.529. The lowest BCUT2D eigenvalue weighted by atomic mass is 10.0. The second-order valence-corrected chi connectivity index (χ2v) is 6.13. The maximum Gasteiger partial charge on any atom is 0.226 e. The molecule has 1 fully saturated rings. The van der Waals surface area contributed by atoms with E-state index in [2.05, 4.69) is 5.32 Å². The van der Waals surface area contributed by atoms with Gasteiger partial charge in [0, 0.05) is 25.0 Å². The summed E-state index contributed by atoms with van der Waals surface area (Å²) in [5.41, 5.74) is 0.695. The summed E-state index contributed by atoms with van der Waals surface area (Å²) in [5.74, 6) is -0.267. The molecule has 0 atom stereocenters. The zero-order valence-corrected chi connectivity index (χ0v) is 13.1. The molecule has 2 rings (SSSR count). The molecule has 4 nitrogen and oxygen atoms in total. The third kappa shape index (κ3) is 4.55. The van der Waals surface area contributed by atoms with Gasteiger partial charge < -0.3 is 10.2 Å². The van der Waals surface area contributed by atoms with Gasteiger partial charge in [-0.25, -0.2) is 4.39 Å². The fourth-order valence-corrected chi connectivity index (χ4v) is 2.57. The number of piperidine rings is 1. The zero-order chi connectivity index (χ0) is 16.1. The standard InChI is InChI=1S/C17H23FN2O2/c1-12(2)17(22)19-15-6-8-20(9-7-15)16(21)11-13-4-3-5-14(18)10-13/h3-5,10,12,15H,6-9,11H2,1-2H3,(H,19,22). The highest BCUT2D eigenvalue weighted by molar-refractivity contribution is 5.79. The molecular weight excluding hydrogens is 283 g/mol. The molecular formula is C17H23FN2O2. The van der Waals surface area contributed by atoms with Gasteiger partial charge in [0.15, 0.2) is 0 Å². The molecule has 120 valence electrons. The van der Waals surface area contributed by atoms with Crippen LogP contribution in [-0.2, 0) is 16.0 Å².